The highest BCUT2D eigenvalue weighted by atomic mass is 16.5. The van der Waals surface area contributed by atoms with Crippen molar-refractivity contribution in [2.75, 3.05) is 25.6 Å². The molecule has 1 N–H and O–H groups in total. The molecular weight excluding hydrogens is 332 g/mol. The smallest absolute Gasteiger partial charge is 0.274 e. The van der Waals surface area contributed by atoms with Crippen molar-refractivity contribution in [3.8, 4) is 11.6 Å². The van der Waals surface area contributed by atoms with Crippen LogP contribution in [0.25, 0.3) is 5.82 Å². The largest absolute Gasteiger partial charge is 0.491 e. The number of pyridine rings is 1. The third-order valence-corrected chi connectivity index (χ3v) is 3.63. The van der Waals surface area contributed by atoms with Crippen molar-refractivity contribution in [3.63, 3.8) is 0 Å². The quantitative estimate of drug-likeness (QED) is 0.662. The van der Waals surface area contributed by atoms with Crippen LogP contribution >= 0.6 is 0 Å². The molecule has 0 aliphatic carbocycles. The minimum Gasteiger partial charge on any atom is -0.491 e. The zero-order valence-electron chi connectivity index (χ0n) is 14.7. The zero-order valence-corrected chi connectivity index (χ0v) is 14.7. The van der Waals surface area contributed by atoms with Gasteiger partial charge in [-0.2, -0.15) is 0 Å². The second-order valence-corrected chi connectivity index (χ2v) is 5.68. The Kier molecular flexibility index (Phi) is 5.60. The molecule has 0 aliphatic rings. The summed E-state index contributed by atoms with van der Waals surface area (Å²) >= 11 is 0. The van der Waals surface area contributed by atoms with Gasteiger partial charge in [0.15, 0.2) is 0 Å². The minimum absolute atomic E-state index is 0.275. The molecule has 134 valence electrons. The van der Waals surface area contributed by atoms with Crippen molar-refractivity contribution < 1.29 is 14.3 Å². The van der Waals surface area contributed by atoms with Gasteiger partial charge < -0.3 is 14.8 Å². The van der Waals surface area contributed by atoms with Gasteiger partial charge in [0.25, 0.3) is 5.91 Å². The Hall–Kier alpha value is -3.19. The van der Waals surface area contributed by atoms with Crippen LogP contribution in [0, 0.1) is 6.92 Å². The molecular formula is C19H20N4O3. The molecule has 7 nitrogen and oxygen atoms in total. The van der Waals surface area contributed by atoms with E-state index in [2.05, 4.69) is 15.3 Å². The fourth-order valence-electron chi connectivity index (χ4n) is 2.36. The highest BCUT2D eigenvalue weighted by Crippen LogP contribution is 2.17. The number of anilines is 1. The topological polar surface area (TPSA) is 78.3 Å². The molecule has 2 heterocycles. The number of benzene rings is 1. The second-order valence-electron chi connectivity index (χ2n) is 5.68. The van der Waals surface area contributed by atoms with Crippen LogP contribution in [0.2, 0.25) is 0 Å². The van der Waals surface area contributed by atoms with Crippen molar-refractivity contribution in [1.29, 1.82) is 0 Å². The maximum absolute atomic E-state index is 12.5. The summed E-state index contributed by atoms with van der Waals surface area (Å²) in [6.07, 6.45) is 5.09. The number of amides is 1. The number of carbonyl (C=O) groups is 1. The first-order valence-corrected chi connectivity index (χ1v) is 8.16. The third-order valence-electron chi connectivity index (χ3n) is 3.63. The lowest BCUT2D eigenvalue weighted by Crippen LogP contribution is -2.15. The van der Waals surface area contributed by atoms with Crippen molar-refractivity contribution in [1.82, 2.24) is 14.5 Å². The summed E-state index contributed by atoms with van der Waals surface area (Å²) in [6, 6.07) is 10.8. The molecule has 0 aliphatic heterocycles. The molecule has 1 aromatic carbocycles. The predicted molar refractivity (Wildman–Crippen MR) is 97.9 cm³/mol. The predicted octanol–water partition coefficient (Wildman–Crippen LogP) is 2.85. The Morgan fingerprint density at radius 1 is 1.19 bits per heavy atom. The van der Waals surface area contributed by atoms with Gasteiger partial charge in [-0.1, -0.05) is 0 Å². The van der Waals surface area contributed by atoms with Crippen LogP contribution in [-0.4, -0.2) is 40.8 Å². The summed E-state index contributed by atoms with van der Waals surface area (Å²) in [5, 5.41) is 2.85. The number of methoxy groups -OCH3 is 1. The van der Waals surface area contributed by atoms with Gasteiger partial charge in [-0.05, 0) is 48.9 Å². The van der Waals surface area contributed by atoms with Crippen LogP contribution in [0.3, 0.4) is 0 Å². The number of hydrogen-bond acceptors (Lipinski definition) is 5. The maximum Gasteiger partial charge on any atom is 0.274 e. The number of hydrogen-bond donors (Lipinski definition) is 1. The van der Waals surface area contributed by atoms with Crippen LogP contribution in [-0.2, 0) is 4.74 Å². The average molecular weight is 352 g/mol. The fourth-order valence-corrected chi connectivity index (χ4v) is 2.36. The van der Waals surface area contributed by atoms with Crippen LogP contribution in [0.5, 0.6) is 5.75 Å². The lowest BCUT2D eigenvalue weighted by atomic mass is 10.2. The first kappa shape index (κ1) is 17.6. The van der Waals surface area contributed by atoms with Crippen LogP contribution in [0.15, 0.2) is 55.1 Å². The standard InChI is InChI=1S/C19H20N4O3/c1-14-11-17(22-18(12-14)23-8-7-20-13-23)19(24)21-15-3-5-16(6-4-15)26-10-9-25-2/h3-8,11-13H,9-10H2,1-2H3,(H,21,24). The molecule has 0 spiro atoms. The summed E-state index contributed by atoms with van der Waals surface area (Å²) in [7, 11) is 1.62. The molecule has 7 heteroatoms. The van der Waals surface area contributed by atoms with Crippen LogP contribution in [0.4, 0.5) is 5.69 Å². The van der Waals surface area contributed by atoms with E-state index in [4.69, 9.17) is 9.47 Å². The third kappa shape index (κ3) is 4.46. The first-order valence-electron chi connectivity index (χ1n) is 8.16. The van der Waals surface area contributed by atoms with Crippen molar-refractivity contribution >= 4 is 11.6 Å². The van der Waals surface area contributed by atoms with Gasteiger partial charge in [-0.3, -0.25) is 9.36 Å². The van der Waals surface area contributed by atoms with E-state index in [1.807, 2.05) is 13.0 Å². The van der Waals surface area contributed by atoms with E-state index < -0.39 is 0 Å². The molecule has 0 unspecified atom stereocenters. The zero-order chi connectivity index (χ0) is 18.4. The molecule has 0 fully saturated rings. The number of imidazole rings is 1. The Balaban J connectivity index is 1.70. The maximum atomic E-state index is 12.5. The number of nitrogens with one attached hydrogen (secondary N) is 1. The Bertz CT molecular complexity index is 861. The van der Waals surface area contributed by atoms with Gasteiger partial charge >= 0.3 is 0 Å². The number of aryl methyl sites for hydroxylation is 1. The van der Waals surface area contributed by atoms with Crippen molar-refractivity contribution in [3.05, 3.63) is 66.4 Å². The molecule has 0 radical (unpaired) electrons. The van der Waals surface area contributed by atoms with Gasteiger partial charge in [0.2, 0.25) is 0 Å². The molecule has 0 saturated carbocycles. The van der Waals surface area contributed by atoms with Crippen molar-refractivity contribution in [2.45, 2.75) is 6.92 Å². The van der Waals surface area contributed by atoms with Gasteiger partial charge in [0.05, 0.1) is 6.61 Å². The SMILES string of the molecule is COCCOc1ccc(NC(=O)c2cc(C)cc(-n3ccnc3)n2)cc1. The molecule has 3 aromatic rings. The second kappa shape index (κ2) is 8.26. The molecule has 3 rings (SSSR count). The van der Waals surface area contributed by atoms with E-state index in [1.165, 1.54) is 0 Å². The summed E-state index contributed by atoms with van der Waals surface area (Å²) in [6.45, 7) is 2.92. The van der Waals surface area contributed by atoms with E-state index in [-0.39, 0.29) is 5.91 Å². The van der Waals surface area contributed by atoms with Gasteiger partial charge in [-0.15, -0.1) is 0 Å². The first-order chi connectivity index (χ1) is 12.7. The van der Waals surface area contributed by atoms with E-state index in [9.17, 15) is 4.79 Å². The lowest BCUT2D eigenvalue weighted by Gasteiger charge is -2.09. The monoisotopic (exact) mass is 352 g/mol. The Morgan fingerprint density at radius 2 is 2.00 bits per heavy atom. The summed E-state index contributed by atoms with van der Waals surface area (Å²) < 4.78 is 12.2. The molecule has 0 bridgehead atoms. The molecule has 1 amide bonds. The summed E-state index contributed by atoms with van der Waals surface area (Å²) in [4.78, 5) is 21.0. The number of nitrogens with zero attached hydrogens (tertiary/aromatic N) is 3. The highest BCUT2D eigenvalue weighted by molar-refractivity contribution is 6.03. The van der Waals surface area contributed by atoms with E-state index in [0.717, 1.165) is 11.3 Å². The fraction of sp³-hybridized carbons (Fsp3) is 0.211. The van der Waals surface area contributed by atoms with Gasteiger partial charge in [-0.25, -0.2) is 9.97 Å². The van der Waals surface area contributed by atoms with Gasteiger partial charge in [0, 0.05) is 25.2 Å². The van der Waals surface area contributed by atoms with Gasteiger partial charge in [0.1, 0.15) is 30.2 Å². The molecule has 0 atom stereocenters. The number of carbonyl (C=O) groups excluding carboxylic acids is 1. The summed E-state index contributed by atoms with van der Waals surface area (Å²) in [5.74, 6) is 1.09. The Morgan fingerprint density at radius 3 is 2.69 bits per heavy atom. The minimum atomic E-state index is -0.275. The molecule has 26 heavy (non-hydrogen) atoms. The van der Waals surface area contributed by atoms with E-state index in [0.29, 0.717) is 30.4 Å². The molecule has 0 saturated heterocycles. The number of ether oxygens (including phenoxy) is 2. The van der Waals surface area contributed by atoms with E-state index in [1.54, 1.807) is 60.7 Å². The number of aromatic nitrogens is 3. The molecule has 2 aromatic heterocycles. The van der Waals surface area contributed by atoms with Crippen LogP contribution < -0.4 is 10.1 Å². The highest BCUT2D eigenvalue weighted by Gasteiger charge is 2.11. The lowest BCUT2D eigenvalue weighted by molar-refractivity contribution is 0.102. The van der Waals surface area contributed by atoms with Crippen molar-refractivity contribution in [2.24, 2.45) is 0 Å². The van der Waals surface area contributed by atoms with E-state index >= 15 is 0 Å². The normalized spacial score (nSPS) is 10.5. The number of rotatable bonds is 7. The summed E-state index contributed by atoms with van der Waals surface area (Å²) in [5.41, 5.74) is 1.95. The van der Waals surface area contributed by atoms with Crippen LogP contribution in [0.1, 0.15) is 16.1 Å². The Labute approximate surface area is 151 Å². The average Bonchev–Trinajstić information content (AvgIpc) is 3.18.